The summed E-state index contributed by atoms with van der Waals surface area (Å²) in [7, 11) is 1.72. The Morgan fingerprint density at radius 1 is 1.50 bits per heavy atom. The van der Waals surface area contributed by atoms with Gasteiger partial charge >= 0.3 is 0 Å². The zero-order valence-electron chi connectivity index (χ0n) is 9.74. The van der Waals surface area contributed by atoms with Gasteiger partial charge in [-0.15, -0.1) is 0 Å². The summed E-state index contributed by atoms with van der Waals surface area (Å²) in [5.74, 6) is 1.33. The van der Waals surface area contributed by atoms with Crippen LogP contribution in [0.2, 0.25) is 5.15 Å². The molecular weight excluding hydrogens is 224 g/mol. The maximum atomic E-state index is 6.01. The summed E-state index contributed by atoms with van der Waals surface area (Å²) in [6.07, 6.45) is 4.44. The standard InChI is InChI=1S/C12H17ClN2O/c1-3-4-9-7-10(13)15-12(14-9)11(16-2)8-5-6-8/h7-8,11H,3-6H2,1-2H3. The number of ether oxygens (including phenoxy) is 1. The molecule has 0 saturated heterocycles. The van der Waals surface area contributed by atoms with Crippen LogP contribution in [-0.4, -0.2) is 17.1 Å². The topological polar surface area (TPSA) is 35.0 Å². The molecule has 0 radical (unpaired) electrons. The van der Waals surface area contributed by atoms with Gasteiger partial charge in [-0.2, -0.15) is 0 Å². The molecule has 1 heterocycles. The van der Waals surface area contributed by atoms with Gasteiger partial charge in [0.05, 0.1) is 0 Å². The van der Waals surface area contributed by atoms with Crippen LogP contribution in [0.4, 0.5) is 0 Å². The van der Waals surface area contributed by atoms with Gasteiger partial charge in [-0.3, -0.25) is 0 Å². The third kappa shape index (κ3) is 2.71. The fourth-order valence-corrected chi connectivity index (χ4v) is 2.12. The highest BCUT2D eigenvalue weighted by Crippen LogP contribution is 2.42. The van der Waals surface area contributed by atoms with Crippen LogP contribution in [0.5, 0.6) is 0 Å². The monoisotopic (exact) mass is 240 g/mol. The van der Waals surface area contributed by atoms with Crippen molar-refractivity contribution in [3.8, 4) is 0 Å². The molecule has 1 fully saturated rings. The fourth-order valence-electron chi connectivity index (χ4n) is 1.90. The van der Waals surface area contributed by atoms with Gasteiger partial charge in [0.1, 0.15) is 11.3 Å². The molecule has 4 heteroatoms. The first-order chi connectivity index (χ1) is 7.74. The first-order valence-corrected chi connectivity index (χ1v) is 6.18. The maximum absolute atomic E-state index is 6.01. The molecule has 1 saturated carbocycles. The van der Waals surface area contributed by atoms with Crippen molar-refractivity contribution in [1.29, 1.82) is 0 Å². The van der Waals surface area contributed by atoms with Crippen LogP contribution in [0.1, 0.15) is 43.8 Å². The minimum Gasteiger partial charge on any atom is -0.373 e. The number of aromatic nitrogens is 2. The molecule has 1 aromatic rings. The smallest absolute Gasteiger partial charge is 0.159 e. The van der Waals surface area contributed by atoms with Crippen molar-refractivity contribution in [2.45, 2.75) is 38.7 Å². The predicted molar refractivity (Wildman–Crippen MR) is 63.5 cm³/mol. The lowest BCUT2D eigenvalue weighted by Gasteiger charge is -2.14. The molecule has 1 aliphatic carbocycles. The van der Waals surface area contributed by atoms with E-state index in [4.69, 9.17) is 16.3 Å². The average molecular weight is 241 g/mol. The lowest BCUT2D eigenvalue weighted by Crippen LogP contribution is -2.10. The number of nitrogens with zero attached hydrogens (tertiary/aromatic N) is 2. The SMILES string of the molecule is CCCc1cc(Cl)nc(C(OC)C2CC2)n1. The molecule has 0 amide bonds. The second kappa shape index (κ2) is 5.11. The summed E-state index contributed by atoms with van der Waals surface area (Å²) in [4.78, 5) is 8.81. The minimum atomic E-state index is 0.0225. The fraction of sp³-hybridized carbons (Fsp3) is 0.667. The van der Waals surface area contributed by atoms with Gasteiger partial charge < -0.3 is 4.74 Å². The van der Waals surface area contributed by atoms with Crippen molar-refractivity contribution in [2.75, 3.05) is 7.11 Å². The third-order valence-corrected chi connectivity index (χ3v) is 3.02. The Kier molecular flexibility index (Phi) is 3.77. The van der Waals surface area contributed by atoms with Gasteiger partial charge in [-0.05, 0) is 31.2 Å². The number of methoxy groups -OCH3 is 1. The van der Waals surface area contributed by atoms with E-state index in [-0.39, 0.29) is 6.10 Å². The second-order valence-corrected chi connectivity index (χ2v) is 4.67. The van der Waals surface area contributed by atoms with Gasteiger partial charge in [-0.25, -0.2) is 9.97 Å². The quantitative estimate of drug-likeness (QED) is 0.742. The Balaban J connectivity index is 2.24. The van der Waals surface area contributed by atoms with E-state index < -0.39 is 0 Å². The van der Waals surface area contributed by atoms with E-state index in [2.05, 4.69) is 16.9 Å². The number of aryl methyl sites for hydroxylation is 1. The van der Waals surface area contributed by atoms with Crippen LogP contribution in [0.15, 0.2) is 6.07 Å². The van der Waals surface area contributed by atoms with Gasteiger partial charge in [0.25, 0.3) is 0 Å². The van der Waals surface area contributed by atoms with Crippen LogP contribution in [0.25, 0.3) is 0 Å². The van der Waals surface area contributed by atoms with Crippen LogP contribution in [-0.2, 0) is 11.2 Å². The zero-order valence-corrected chi connectivity index (χ0v) is 10.5. The highest BCUT2D eigenvalue weighted by atomic mass is 35.5. The largest absolute Gasteiger partial charge is 0.373 e. The lowest BCUT2D eigenvalue weighted by molar-refractivity contribution is 0.0770. The van der Waals surface area contributed by atoms with Crippen LogP contribution in [0, 0.1) is 5.92 Å². The van der Waals surface area contributed by atoms with Crippen LogP contribution in [0.3, 0.4) is 0 Å². The molecule has 88 valence electrons. The van der Waals surface area contributed by atoms with Crippen molar-refractivity contribution >= 4 is 11.6 Å². The highest BCUT2D eigenvalue weighted by molar-refractivity contribution is 6.29. The Bertz CT molecular complexity index is 366. The molecule has 1 atom stereocenters. The van der Waals surface area contributed by atoms with Gasteiger partial charge in [0.15, 0.2) is 5.82 Å². The Morgan fingerprint density at radius 3 is 2.81 bits per heavy atom. The predicted octanol–water partition coefficient (Wildman–Crippen LogP) is 3.18. The third-order valence-electron chi connectivity index (χ3n) is 2.83. The molecule has 3 nitrogen and oxygen atoms in total. The van der Waals surface area contributed by atoms with E-state index in [1.807, 2.05) is 6.07 Å². The van der Waals surface area contributed by atoms with Crippen LogP contribution >= 0.6 is 11.6 Å². The van der Waals surface area contributed by atoms with Crippen molar-refractivity contribution in [2.24, 2.45) is 5.92 Å². The lowest BCUT2D eigenvalue weighted by atomic mass is 10.2. The molecule has 2 rings (SSSR count). The number of halogens is 1. The van der Waals surface area contributed by atoms with E-state index in [1.54, 1.807) is 7.11 Å². The van der Waals surface area contributed by atoms with Crippen molar-refractivity contribution < 1.29 is 4.74 Å². The minimum absolute atomic E-state index is 0.0225. The molecule has 0 N–H and O–H groups in total. The maximum Gasteiger partial charge on any atom is 0.159 e. The summed E-state index contributed by atoms with van der Waals surface area (Å²) in [6, 6.07) is 1.84. The van der Waals surface area contributed by atoms with Crippen molar-refractivity contribution in [1.82, 2.24) is 9.97 Å². The van der Waals surface area contributed by atoms with Gasteiger partial charge in [-0.1, -0.05) is 24.9 Å². The Hall–Kier alpha value is -0.670. The normalized spacial score (nSPS) is 17.4. The summed E-state index contributed by atoms with van der Waals surface area (Å²) >= 11 is 6.01. The number of hydrogen-bond acceptors (Lipinski definition) is 3. The first-order valence-electron chi connectivity index (χ1n) is 5.80. The van der Waals surface area contributed by atoms with Gasteiger partial charge in [0.2, 0.25) is 0 Å². The highest BCUT2D eigenvalue weighted by Gasteiger charge is 2.34. The van der Waals surface area contributed by atoms with Crippen LogP contribution < -0.4 is 0 Å². The van der Waals surface area contributed by atoms with Crippen molar-refractivity contribution in [3.63, 3.8) is 0 Å². The molecule has 1 unspecified atom stereocenters. The van der Waals surface area contributed by atoms with Gasteiger partial charge in [0, 0.05) is 12.8 Å². The molecule has 0 spiro atoms. The average Bonchev–Trinajstić information content (AvgIpc) is 3.03. The first kappa shape index (κ1) is 11.8. The summed E-state index contributed by atoms with van der Waals surface area (Å²) < 4.78 is 5.46. The summed E-state index contributed by atoms with van der Waals surface area (Å²) in [5, 5.41) is 0.524. The molecule has 1 aromatic heterocycles. The van der Waals surface area contributed by atoms with E-state index in [0.29, 0.717) is 11.1 Å². The second-order valence-electron chi connectivity index (χ2n) is 4.28. The molecule has 0 aromatic carbocycles. The molecule has 1 aliphatic rings. The van der Waals surface area contributed by atoms with E-state index in [9.17, 15) is 0 Å². The molecule has 0 bridgehead atoms. The van der Waals surface area contributed by atoms with Crippen molar-refractivity contribution in [3.05, 3.63) is 22.7 Å². The van der Waals surface area contributed by atoms with E-state index in [0.717, 1.165) is 24.4 Å². The number of rotatable bonds is 5. The Morgan fingerprint density at radius 2 is 2.25 bits per heavy atom. The Labute approximate surface area is 101 Å². The molecular formula is C12H17ClN2O. The molecule has 16 heavy (non-hydrogen) atoms. The van der Waals surface area contributed by atoms with E-state index >= 15 is 0 Å². The van der Waals surface area contributed by atoms with E-state index in [1.165, 1.54) is 12.8 Å². The summed E-state index contributed by atoms with van der Waals surface area (Å²) in [6.45, 7) is 2.13. The zero-order chi connectivity index (χ0) is 11.5. The molecule has 0 aliphatic heterocycles. The number of hydrogen-bond donors (Lipinski definition) is 0. The summed E-state index contributed by atoms with van der Waals surface area (Å²) in [5.41, 5.74) is 1.01.